The minimum Gasteiger partial charge on any atom is -0.453 e. The molecule has 1 aromatic heterocycles. The molecule has 0 radical (unpaired) electrons. The van der Waals surface area contributed by atoms with E-state index >= 15 is 0 Å². The molecule has 2 aromatic rings. The molecule has 100 valence electrons. The first-order chi connectivity index (χ1) is 9.08. The molecular weight excluding hydrogens is 245 g/mol. The molecule has 0 saturated carbocycles. The van der Waals surface area contributed by atoms with Crippen molar-refractivity contribution in [2.75, 3.05) is 6.54 Å². The Kier molecular flexibility index (Phi) is 2.90. The molecule has 1 aliphatic rings. The van der Waals surface area contributed by atoms with Gasteiger partial charge in [-0.05, 0) is 57.0 Å². The van der Waals surface area contributed by atoms with Gasteiger partial charge in [-0.25, -0.2) is 4.39 Å². The molecule has 3 rings (SSSR count). The summed E-state index contributed by atoms with van der Waals surface area (Å²) in [6.45, 7) is 2.75. The van der Waals surface area contributed by atoms with Gasteiger partial charge in [-0.15, -0.1) is 0 Å². The lowest BCUT2D eigenvalue weighted by atomic mass is 9.86. The third-order valence-corrected chi connectivity index (χ3v) is 3.82. The van der Waals surface area contributed by atoms with E-state index in [1.54, 1.807) is 12.1 Å². The summed E-state index contributed by atoms with van der Waals surface area (Å²) in [5.41, 5.74) is -0.0193. The van der Waals surface area contributed by atoms with E-state index in [0.717, 1.165) is 25.8 Å². The Morgan fingerprint density at radius 3 is 2.95 bits per heavy atom. The lowest BCUT2D eigenvalue weighted by Gasteiger charge is -2.32. The van der Waals surface area contributed by atoms with Gasteiger partial charge in [0.05, 0.1) is 5.54 Å². The van der Waals surface area contributed by atoms with Crippen molar-refractivity contribution in [2.45, 2.75) is 31.7 Å². The highest BCUT2D eigenvalue weighted by molar-refractivity contribution is 6.03. The van der Waals surface area contributed by atoms with Crippen LogP contribution in [0.1, 0.15) is 36.7 Å². The second kappa shape index (κ2) is 4.46. The van der Waals surface area contributed by atoms with Crippen LogP contribution >= 0.6 is 0 Å². The van der Waals surface area contributed by atoms with Crippen molar-refractivity contribution in [1.29, 1.82) is 0 Å². The Morgan fingerprint density at radius 2 is 2.21 bits per heavy atom. The average Bonchev–Trinajstić information content (AvgIpc) is 2.81. The van der Waals surface area contributed by atoms with Crippen molar-refractivity contribution in [3.8, 4) is 0 Å². The zero-order chi connectivity index (χ0) is 13.5. The standard InChI is InChI=1S/C15H16FNO2/c1-15(6-2-3-7-17-15)14(18)13-9-10-8-11(16)4-5-12(10)19-13/h4-5,8-9,17H,2-3,6-7H2,1H3. The minimum absolute atomic E-state index is 0.0520. The summed E-state index contributed by atoms with van der Waals surface area (Å²) < 4.78 is 18.7. The molecule has 0 bridgehead atoms. The largest absolute Gasteiger partial charge is 0.453 e. The van der Waals surface area contributed by atoms with Gasteiger partial charge in [0.15, 0.2) is 5.76 Å². The molecule has 1 aromatic carbocycles. The van der Waals surface area contributed by atoms with Crippen LogP contribution in [0, 0.1) is 5.82 Å². The van der Waals surface area contributed by atoms with Gasteiger partial charge in [0.1, 0.15) is 11.4 Å². The molecule has 0 aliphatic carbocycles. The van der Waals surface area contributed by atoms with Crippen molar-refractivity contribution in [2.24, 2.45) is 0 Å². The predicted molar refractivity (Wildman–Crippen MR) is 70.8 cm³/mol. The number of carbonyl (C=O) groups is 1. The molecule has 1 unspecified atom stereocenters. The van der Waals surface area contributed by atoms with Crippen LogP contribution in [-0.4, -0.2) is 17.9 Å². The minimum atomic E-state index is -0.565. The second-order valence-corrected chi connectivity index (χ2v) is 5.34. The Bertz CT molecular complexity index is 626. The van der Waals surface area contributed by atoms with Crippen LogP contribution in [0.4, 0.5) is 4.39 Å². The Balaban J connectivity index is 1.97. The number of furan rings is 1. The van der Waals surface area contributed by atoms with Crippen molar-refractivity contribution >= 4 is 16.8 Å². The molecule has 1 fully saturated rings. The number of halogens is 1. The fourth-order valence-electron chi connectivity index (χ4n) is 2.65. The van der Waals surface area contributed by atoms with Gasteiger partial charge < -0.3 is 9.73 Å². The Morgan fingerprint density at radius 1 is 1.37 bits per heavy atom. The summed E-state index contributed by atoms with van der Waals surface area (Å²) in [4.78, 5) is 12.5. The van der Waals surface area contributed by atoms with Crippen LogP contribution in [-0.2, 0) is 0 Å². The predicted octanol–water partition coefficient (Wildman–Crippen LogP) is 3.29. The molecule has 0 spiro atoms. The maximum Gasteiger partial charge on any atom is 0.217 e. The van der Waals surface area contributed by atoms with Crippen molar-refractivity contribution in [3.63, 3.8) is 0 Å². The SMILES string of the molecule is CC1(C(=O)c2cc3cc(F)ccc3o2)CCCCN1. The maximum atomic E-state index is 13.1. The summed E-state index contributed by atoms with van der Waals surface area (Å²) in [6, 6.07) is 5.90. The van der Waals surface area contributed by atoms with Crippen molar-refractivity contribution < 1.29 is 13.6 Å². The van der Waals surface area contributed by atoms with E-state index in [4.69, 9.17) is 4.42 Å². The third kappa shape index (κ3) is 2.16. The molecule has 1 saturated heterocycles. The number of benzene rings is 1. The van der Waals surface area contributed by atoms with Crippen LogP contribution < -0.4 is 5.32 Å². The van der Waals surface area contributed by atoms with Crippen LogP contribution in [0.15, 0.2) is 28.7 Å². The lowest BCUT2D eigenvalue weighted by Crippen LogP contribution is -2.52. The van der Waals surface area contributed by atoms with E-state index in [1.807, 2.05) is 6.92 Å². The summed E-state index contributed by atoms with van der Waals surface area (Å²) >= 11 is 0. The van der Waals surface area contributed by atoms with Gasteiger partial charge in [-0.1, -0.05) is 0 Å². The van der Waals surface area contributed by atoms with E-state index < -0.39 is 5.54 Å². The Hall–Kier alpha value is -1.68. The van der Waals surface area contributed by atoms with Gasteiger partial charge in [-0.3, -0.25) is 4.79 Å². The van der Waals surface area contributed by atoms with E-state index in [1.165, 1.54) is 12.1 Å². The van der Waals surface area contributed by atoms with Crippen LogP contribution in [0.25, 0.3) is 11.0 Å². The van der Waals surface area contributed by atoms with Crippen molar-refractivity contribution in [1.82, 2.24) is 5.32 Å². The molecule has 0 amide bonds. The summed E-state index contributed by atoms with van der Waals surface area (Å²) in [6.07, 6.45) is 2.93. The quantitative estimate of drug-likeness (QED) is 0.843. The van der Waals surface area contributed by atoms with Gasteiger partial charge in [0.2, 0.25) is 5.78 Å². The first-order valence-electron chi connectivity index (χ1n) is 6.57. The van der Waals surface area contributed by atoms with Gasteiger partial charge in [0.25, 0.3) is 0 Å². The van der Waals surface area contributed by atoms with Gasteiger partial charge in [0, 0.05) is 5.39 Å². The maximum absolute atomic E-state index is 13.1. The molecule has 19 heavy (non-hydrogen) atoms. The first-order valence-corrected chi connectivity index (χ1v) is 6.57. The Labute approximate surface area is 110 Å². The van der Waals surface area contributed by atoms with Crippen molar-refractivity contribution in [3.05, 3.63) is 35.8 Å². The summed E-state index contributed by atoms with van der Waals surface area (Å²) in [5.74, 6) is -0.0735. The average molecular weight is 261 g/mol. The van der Waals surface area contributed by atoms with Gasteiger partial charge in [-0.2, -0.15) is 0 Å². The number of ketones is 1. The fraction of sp³-hybridized carbons (Fsp3) is 0.400. The molecular formula is C15H16FNO2. The fourth-order valence-corrected chi connectivity index (χ4v) is 2.65. The van der Waals surface area contributed by atoms with E-state index in [-0.39, 0.29) is 11.6 Å². The molecule has 1 aliphatic heterocycles. The summed E-state index contributed by atoms with van der Waals surface area (Å²) in [5, 5.41) is 3.89. The molecule has 4 heteroatoms. The molecule has 3 nitrogen and oxygen atoms in total. The highest BCUT2D eigenvalue weighted by Gasteiger charge is 2.36. The van der Waals surface area contributed by atoms with E-state index in [9.17, 15) is 9.18 Å². The zero-order valence-electron chi connectivity index (χ0n) is 10.8. The number of piperidine rings is 1. The molecule has 1 atom stereocenters. The number of hydrogen-bond acceptors (Lipinski definition) is 3. The second-order valence-electron chi connectivity index (χ2n) is 5.34. The third-order valence-electron chi connectivity index (χ3n) is 3.82. The number of rotatable bonds is 2. The molecule has 1 N–H and O–H groups in total. The lowest BCUT2D eigenvalue weighted by molar-refractivity contribution is 0.0807. The number of nitrogens with one attached hydrogen (secondary N) is 1. The summed E-state index contributed by atoms with van der Waals surface area (Å²) in [7, 11) is 0. The highest BCUT2D eigenvalue weighted by Crippen LogP contribution is 2.27. The number of Topliss-reactive ketones (excluding diaryl/α,β-unsaturated/α-hetero) is 1. The van der Waals surface area contributed by atoms with Crippen LogP contribution in [0.5, 0.6) is 0 Å². The van der Waals surface area contributed by atoms with E-state index in [0.29, 0.717) is 16.7 Å². The van der Waals surface area contributed by atoms with Crippen LogP contribution in [0.3, 0.4) is 0 Å². The zero-order valence-corrected chi connectivity index (χ0v) is 10.8. The van der Waals surface area contributed by atoms with Gasteiger partial charge >= 0.3 is 0 Å². The number of carbonyl (C=O) groups excluding carboxylic acids is 1. The van der Waals surface area contributed by atoms with Crippen LogP contribution in [0.2, 0.25) is 0 Å². The van der Waals surface area contributed by atoms with E-state index in [2.05, 4.69) is 5.32 Å². The smallest absolute Gasteiger partial charge is 0.217 e. The number of hydrogen-bond donors (Lipinski definition) is 1. The highest BCUT2D eigenvalue weighted by atomic mass is 19.1. The number of fused-ring (bicyclic) bond motifs is 1. The molecule has 2 heterocycles. The first kappa shape index (κ1) is 12.4. The topological polar surface area (TPSA) is 42.2 Å². The monoisotopic (exact) mass is 261 g/mol. The normalized spacial score (nSPS) is 23.7.